The van der Waals surface area contributed by atoms with Crippen LogP contribution in [0.25, 0.3) is 0 Å². The maximum Gasteiger partial charge on any atom is 0.0410 e. The Morgan fingerprint density at radius 1 is 1.19 bits per heavy atom. The molecule has 1 aromatic rings. The van der Waals surface area contributed by atoms with Crippen molar-refractivity contribution in [2.24, 2.45) is 0 Å². The molecule has 0 saturated carbocycles. The Hall–Kier alpha value is -0.250. The second-order valence-electron chi connectivity index (χ2n) is 4.13. The number of anilines is 1. The molecule has 0 aromatic heterocycles. The van der Waals surface area contributed by atoms with Crippen LogP contribution in [0.2, 0.25) is 5.02 Å². The standard InChI is InChI=1S/C12H18BrClN2/c1-15(2)6-7-16(3)12-5-4-11(14)8-10(12)9-13/h4-5,8H,6-7,9H2,1-3H3. The van der Waals surface area contributed by atoms with Crippen LogP contribution in [0.4, 0.5) is 5.69 Å². The number of alkyl halides is 1. The van der Waals surface area contributed by atoms with E-state index in [0.29, 0.717) is 0 Å². The van der Waals surface area contributed by atoms with E-state index in [9.17, 15) is 0 Å². The van der Waals surface area contributed by atoms with E-state index < -0.39 is 0 Å². The lowest BCUT2D eigenvalue weighted by Gasteiger charge is -2.23. The summed E-state index contributed by atoms with van der Waals surface area (Å²) in [5.41, 5.74) is 2.47. The van der Waals surface area contributed by atoms with E-state index >= 15 is 0 Å². The van der Waals surface area contributed by atoms with Gasteiger partial charge in [-0.25, -0.2) is 0 Å². The highest BCUT2D eigenvalue weighted by atomic mass is 79.9. The first-order chi connectivity index (χ1) is 7.54. The second kappa shape index (κ2) is 6.48. The van der Waals surface area contributed by atoms with Crippen molar-refractivity contribution in [2.45, 2.75) is 5.33 Å². The monoisotopic (exact) mass is 304 g/mol. The first-order valence-corrected chi connectivity index (χ1v) is 6.74. The van der Waals surface area contributed by atoms with Crippen LogP contribution in [0.15, 0.2) is 18.2 Å². The van der Waals surface area contributed by atoms with Gasteiger partial charge in [0.25, 0.3) is 0 Å². The summed E-state index contributed by atoms with van der Waals surface area (Å²) >= 11 is 9.48. The number of hydrogen-bond acceptors (Lipinski definition) is 2. The predicted molar refractivity (Wildman–Crippen MR) is 75.9 cm³/mol. The molecule has 1 rings (SSSR count). The SMILES string of the molecule is CN(C)CCN(C)c1ccc(Cl)cc1CBr. The van der Waals surface area contributed by atoms with Gasteiger partial charge in [-0.15, -0.1) is 0 Å². The molecule has 0 saturated heterocycles. The molecule has 0 bridgehead atoms. The largest absolute Gasteiger partial charge is 0.373 e. The Bertz CT molecular complexity index is 342. The van der Waals surface area contributed by atoms with Crippen molar-refractivity contribution >= 4 is 33.2 Å². The maximum absolute atomic E-state index is 5.98. The van der Waals surface area contributed by atoms with Gasteiger partial charge in [-0.1, -0.05) is 27.5 Å². The molecule has 0 amide bonds. The van der Waals surface area contributed by atoms with Crippen LogP contribution >= 0.6 is 27.5 Å². The van der Waals surface area contributed by atoms with Gasteiger partial charge in [-0.05, 0) is 37.9 Å². The molecular formula is C12H18BrClN2. The van der Waals surface area contributed by atoms with Crippen molar-refractivity contribution in [3.63, 3.8) is 0 Å². The lowest BCUT2D eigenvalue weighted by atomic mass is 10.2. The molecule has 4 heteroatoms. The van der Waals surface area contributed by atoms with E-state index in [0.717, 1.165) is 23.4 Å². The highest BCUT2D eigenvalue weighted by Gasteiger charge is 2.07. The molecule has 16 heavy (non-hydrogen) atoms. The van der Waals surface area contributed by atoms with E-state index in [2.05, 4.69) is 52.9 Å². The first-order valence-electron chi connectivity index (χ1n) is 5.25. The Morgan fingerprint density at radius 3 is 2.44 bits per heavy atom. The normalized spacial score (nSPS) is 10.9. The third-order valence-electron chi connectivity index (χ3n) is 2.48. The molecule has 0 aliphatic heterocycles. The Labute approximate surface area is 111 Å². The van der Waals surface area contributed by atoms with Crippen molar-refractivity contribution in [3.05, 3.63) is 28.8 Å². The van der Waals surface area contributed by atoms with Crippen LogP contribution in [0.1, 0.15) is 5.56 Å². The van der Waals surface area contributed by atoms with Gasteiger partial charge in [0.05, 0.1) is 0 Å². The summed E-state index contributed by atoms with van der Waals surface area (Å²) in [6.45, 7) is 2.05. The molecule has 1 aromatic carbocycles. The molecule has 0 radical (unpaired) electrons. The van der Waals surface area contributed by atoms with E-state index in [-0.39, 0.29) is 0 Å². The lowest BCUT2D eigenvalue weighted by molar-refractivity contribution is 0.416. The summed E-state index contributed by atoms with van der Waals surface area (Å²) in [6.07, 6.45) is 0. The van der Waals surface area contributed by atoms with Crippen molar-refractivity contribution in [1.82, 2.24) is 4.90 Å². The highest BCUT2D eigenvalue weighted by molar-refractivity contribution is 9.08. The summed E-state index contributed by atoms with van der Waals surface area (Å²) < 4.78 is 0. The molecule has 0 atom stereocenters. The van der Waals surface area contributed by atoms with E-state index in [1.54, 1.807) is 0 Å². The minimum absolute atomic E-state index is 0.791. The van der Waals surface area contributed by atoms with Crippen molar-refractivity contribution in [1.29, 1.82) is 0 Å². The third kappa shape index (κ3) is 3.96. The molecule has 2 nitrogen and oxygen atoms in total. The Balaban J connectivity index is 2.77. The van der Waals surface area contributed by atoms with Gasteiger partial charge >= 0.3 is 0 Å². The Kier molecular flexibility index (Phi) is 5.59. The average Bonchev–Trinajstić information content (AvgIpc) is 2.25. The van der Waals surface area contributed by atoms with Crippen LogP contribution < -0.4 is 4.90 Å². The van der Waals surface area contributed by atoms with Crippen molar-refractivity contribution in [3.8, 4) is 0 Å². The molecule has 0 N–H and O–H groups in total. The number of hydrogen-bond donors (Lipinski definition) is 0. The lowest BCUT2D eigenvalue weighted by Crippen LogP contribution is -2.28. The van der Waals surface area contributed by atoms with Crippen LogP contribution in [-0.2, 0) is 5.33 Å². The van der Waals surface area contributed by atoms with E-state index in [4.69, 9.17) is 11.6 Å². The molecule has 90 valence electrons. The molecule has 0 unspecified atom stereocenters. The minimum atomic E-state index is 0.791. The van der Waals surface area contributed by atoms with Gasteiger partial charge < -0.3 is 9.80 Å². The van der Waals surface area contributed by atoms with Gasteiger partial charge in [0, 0.05) is 36.2 Å². The predicted octanol–water partition coefficient (Wildman–Crippen LogP) is 3.23. The Morgan fingerprint density at radius 2 is 1.88 bits per heavy atom. The zero-order valence-corrected chi connectivity index (χ0v) is 12.3. The van der Waals surface area contributed by atoms with Crippen LogP contribution in [0.5, 0.6) is 0 Å². The van der Waals surface area contributed by atoms with Gasteiger partial charge in [-0.2, -0.15) is 0 Å². The maximum atomic E-state index is 5.98. The summed E-state index contributed by atoms with van der Waals surface area (Å²) in [4.78, 5) is 4.44. The van der Waals surface area contributed by atoms with E-state index in [1.165, 1.54) is 11.3 Å². The average molecular weight is 306 g/mol. The molecule has 0 aliphatic carbocycles. The number of halogens is 2. The summed E-state index contributed by atoms with van der Waals surface area (Å²) in [5.74, 6) is 0. The van der Waals surface area contributed by atoms with E-state index in [1.807, 2.05) is 12.1 Å². The minimum Gasteiger partial charge on any atom is -0.373 e. The quantitative estimate of drug-likeness (QED) is 0.771. The van der Waals surface area contributed by atoms with Crippen LogP contribution in [0.3, 0.4) is 0 Å². The molecule has 0 heterocycles. The topological polar surface area (TPSA) is 6.48 Å². The number of nitrogens with zero attached hydrogens (tertiary/aromatic N) is 2. The number of likely N-dealkylation sites (N-methyl/N-ethyl adjacent to an activating group) is 2. The molecule has 0 aliphatic rings. The fourth-order valence-corrected chi connectivity index (χ4v) is 2.15. The van der Waals surface area contributed by atoms with Gasteiger partial charge in [-0.3, -0.25) is 0 Å². The van der Waals surface area contributed by atoms with Gasteiger partial charge in [0.2, 0.25) is 0 Å². The molecule has 0 spiro atoms. The molecule has 0 fully saturated rings. The summed E-state index contributed by atoms with van der Waals surface area (Å²) in [5, 5.41) is 1.62. The highest BCUT2D eigenvalue weighted by Crippen LogP contribution is 2.25. The second-order valence-corrected chi connectivity index (χ2v) is 5.13. The fraction of sp³-hybridized carbons (Fsp3) is 0.500. The van der Waals surface area contributed by atoms with Crippen molar-refractivity contribution < 1.29 is 0 Å². The van der Waals surface area contributed by atoms with Crippen LogP contribution in [-0.4, -0.2) is 39.1 Å². The zero-order chi connectivity index (χ0) is 12.1. The van der Waals surface area contributed by atoms with Crippen LogP contribution in [0, 0.1) is 0 Å². The summed E-state index contributed by atoms with van der Waals surface area (Å²) in [7, 11) is 6.28. The van der Waals surface area contributed by atoms with Crippen molar-refractivity contribution in [2.75, 3.05) is 39.1 Å². The number of rotatable bonds is 5. The van der Waals surface area contributed by atoms with Gasteiger partial charge in [0.1, 0.15) is 0 Å². The van der Waals surface area contributed by atoms with Gasteiger partial charge in [0.15, 0.2) is 0 Å². The number of benzene rings is 1. The fourth-order valence-electron chi connectivity index (χ4n) is 1.50. The zero-order valence-electron chi connectivity index (χ0n) is 10.0. The molecular weight excluding hydrogens is 288 g/mol. The smallest absolute Gasteiger partial charge is 0.0410 e. The first kappa shape index (κ1) is 13.8. The third-order valence-corrected chi connectivity index (χ3v) is 3.32. The summed E-state index contributed by atoms with van der Waals surface area (Å²) in [6, 6.07) is 6.03.